The van der Waals surface area contributed by atoms with E-state index in [0.29, 0.717) is 5.56 Å². The number of hydrogen-bond acceptors (Lipinski definition) is 6. The van der Waals surface area contributed by atoms with Crippen LogP contribution in [0.15, 0.2) is 12.1 Å². The average molecular weight is 266 g/mol. The third-order valence-corrected chi connectivity index (χ3v) is 2.11. The second-order valence-corrected chi connectivity index (χ2v) is 3.82. The summed E-state index contributed by atoms with van der Waals surface area (Å²) in [5.74, 6) is -1.95. The van der Waals surface area contributed by atoms with Crippen LogP contribution in [-0.2, 0) is 14.3 Å². The molecule has 6 heteroatoms. The largest absolute Gasteiger partial charge is 0.465 e. The quantitative estimate of drug-likeness (QED) is 0.611. The molecule has 0 aliphatic carbocycles. The lowest BCUT2D eigenvalue weighted by atomic mass is 10.1. The third kappa shape index (κ3) is 3.80. The molecule has 0 fully saturated rings. The Balaban J connectivity index is 3.42. The van der Waals surface area contributed by atoms with Crippen molar-refractivity contribution in [3.8, 4) is 11.5 Å². The fourth-order valence-corrected chi connectivity index (χ4v) is 1.49. The fourth-order valence-electron chi connectivity index (χ4n) is 1.49. The van der Waals surface area contributed by atoms with Crippen molar-refractivity contribution in [3.05, 3.63) is 23.3 Å². The van der Waals surface area contributed by atoms with Crippen LogP contribution in [0.4, 0.5) is 0 Å². The van der Waals surface area contributed by atoms with Crippen molar-refractivity contribution in [2.24, 2.45) is 0 Å². The van der Waals surface area contributed by atoms with E-state index >= 15 is 0 Å². The molecule has 0 unspecified atom stereocenters. The number of carbonyl (C=O) groups excluding carboxylic acids is 3. The van der Waals surface area contributed by atoms with Gasteiger partial charge >= 0.3 is 17.9 Å². The van der Waals surface area contributed by atoms with Gasteiger partial charge < -0.3 is 14.2 Å². The molecule has 0 aromatic heterocycles. The van der Waals surface area contributed by atoms with Gasteiger partial charge in [-0.3, -0.25) is 9.59 Å². The van der Waals surface area contributed by atoms with E-state index in [-0.39, 0.29) is 17.1 Å². The zero-order valence-corrected chi connectivity index (χ0v) is 11.1. The highest BCUT2D eigenvalue weighted by molar-refractivity contribution is 5.97. The fraction of sp³-hybridized carbons (Fsp3) is 0.308. The lowest BCUT2D eigenvalue weighted by molar-refractivity contribution is -0.132. The van der Waals surface area contributed by atoms with Crippen LogP contribution in [0.3, 0.4) is 0 Å². The van der Waals surface area contributed by atoms with Gasteiger partial charge in [0.15, 0.2) is 0 Å². The van der Waals surface area contributed by atoms with Gasteiger partial charge in [0, 0.05) is 13.8 Å². The summed E-state index contributed by atoms with van der Waals surface area (Å²) in [5.41, 5.74) is 0.568. The molecule has 0 amide bonds. The molecule has 19 heavy (non-hydrogen) atoms. The average Bonchev–Trinajstić information content (AvgIpc) is 2.25. The molecule has 102 valence electrons. The first-order chi connectivity index (χ1) is 8.85. The van der Waals surface area contributed by atoms with E-state index < -0.39 is 17.9 Å². The first kappa shape index (κ1) is 14.7. The number of hydrogen-bond donors (Lipinski definition) is 0. The summed E-state index contributed by atoms with van der Waals surface area (Å²) in [6, 6.07) is 2.97. The van der Waals surface area contributed by atoms with E-state index in [1.165, 1.54) is 33.1 Å². The van der Waals surface area contributed by atoms with E-state index in [2.05, 4.69) is 4.74 Å². The van der Waals surface area contributed by atoms with Crippen molar-refractivity contribution >= 4 is 17.9 Å². The lowest BCUT2D eigenvalue weighted by Crippen LogP contribution is -2.13. The lowest BCUT2D eigenvalue weighted by Gasteiger charge is -2.13. The molecular formula is C13H14O6. The summed E-state index contributed by atoms with van der Waals surface area (Å²) in [4.78, 5) is 33.8. The Morgan fingerprint density at radius 1 is 0.947 bits per heavy atom. The molecule has 0 atom stereocenters. The van der Waals surface area contributed by atoms with E-state index in [4.69, 9.17) is 9.47 Å². The van der Waals surface area contributed by atoms with Crippen molar-refractivity contribution in [2.75, 3.05) is 7.11 Å². The number of esters is 3. The van der Waals surface area contributed by atoms with Crippen molar-refractivity contribution in [2.45, 2.75) is 20.8 Å². The number of benzene rings is 1. The van der Waals surface area contributed by atoms with Gasteiger partial charge in [0.25, 0.3) is 0 Å². The van der Waals surface area contributed by atoms with Crippen LogP contribution in [0.1, 0.15) is 29.8 Å². The number of aryl methyl sites for hydroxylation is 1. The Morgan fingerprint density at radius 2 is 1.37 bits per heavy atom. The monoisotopic (exact) mass is 266 g/mol. The highest BCUT2D eigenvalue weighted by Crippen LogP contribution is 2.31. The highest BCUT2D eigenvalue weighted by atomic mass is 16.6. The van der Waals surface area contributed by atoms with E-state index in [1.807, 2.05) is 0 Å². The molecule has 0 saturated carbocycles. The molecule has 1 aromatic rings. The van der Waals surface area contributed by atoms with Crippen LogP contribution in [0.25, 0.3) is 0 Å². The molecule has 1 aromatic carbocycles. The van der Waals surface area contributed by atoms with Gasteiger partial charge in [-0.25, -0.2) is 4.79 Å². The topological polar surface area (TPSA) is 78.9 Å². The minimum Gasteiger partial charge on any atom is -0.465 e. The summed E-state index contributed by atoms with van der Waals surface area (Å²) in [7, 11) is 1.18. The molecule has 0 bridgehead atoms. The maximum Gasteiger partial charge on any atom is 0.345 e. The smallest absolute Gasteiger partial charge is 0.345 e. The van der Waals surface area contributed by atoms with Gasteiger partial charge in [-0.1, -0.05) is 0 Å². The van der Waals surface area contributed by atoms with Gasteiger partial charge in [-0.2, -0.15) is 0 Å². The molecule has 0 saturated heterocycles. The van der Waals surface area contributed by atoms with Gasteiger partial charge in [0.2, 0.25) is 0 Å². The van der Waals surface area contributed by atoms with Crippen LogP contribution >= 0.6 is 0 Å². The molecule has 0 heterocycles. The van der Waals surface area contributed by atoms with Crippen LogP contribution in [-0.4, -0.2) is 25.0 Å². The third-order valence-electron chi connectivity index (χ3n) is 2.11. The Hall–Kier alpha value is -2.37. The Kier molecular flexibility index (Phi) is 4.63. The van der Waals surface area contributed by atoms with Crippen molar-refractivity contribution in [3.63, 3.8) is 0 Å². The van der Waals surface area contributed by atoms with Crippen LogP contribution in [0, 0.1) is 6.92 Å². The maximum absolute atomic E-state index is 11.7. The molecule has 0 spiro atoms. The van der Waals surface area contributed by atoms with Crippen LogP contribution in [0.2, 0.25) is 0 Å². The summed E-state index contributed by atoms with van der Waals surface area (Å²) in [6.07, 6.45) is 0. The van der Waals surface area contributed by atoms with Gasteiger partial charge in [0.1, 0.15) is 17.1 Å². The van der Waals surface area contributed by atoms with Gasteiger partial charge in [0.05, 0.1) is 7.11 Å². The molecule has 1 rings (SSSR count). The minimum atomic E-state index is -0.757. The second kappa shape index (κ2) is 5.99. The van der Waals surface area contributed by atoms with Gasteiger partial charge in [-0.15, -0.1) is 0 Å². The van der Waals surface area contributed by atoms with Crippen molar-refractivity contribution < 1.29 is 28.6 Å². The molecule has 0 N–H and O–H groups in total. The molecule has 6 nitrogen and oxygen atoms in total. The molecule has 0 aliphatic rings. The number of carbonyl (C=O) groups is 3. The first-order valence-electron chi connectivity index (χ1n) is 5.45. The summed E-state index contributed by atoms with van der Waals surface area (Å²) in [5, 5.41) is 0. The Morgan fingerprint density at radius 3 is 1.68 bits per heavy atom. The molecule has 0 aliphatic heterocycles. The van der Waals surface area contributed by atoms with Crippen molar-refractivity contribution in [1.29, 1.82) is 0 Å². The van der Waals surface area contributed by atoms with Crippen LogP contribution in [0.5, 0.6) is 11.5 Å². The second-order valence-electron chi connectivity index (χ2n) is 3.82. The van der Waals surface area contributed by atoms with Crippen LogP contribution < -0.4 is 9.47 Å². The maximum atomic E-state index is 11.7. The van der Waals surface area contributed by atoms with E-state index in [0.717, 1.165) is 0 Å². The predicted octanol–water partition coefficient (Wildman–Crippen LogP) is 1.63. The zero-order valence-electron chi connectivity index (χ0n) is 11.1. The first-order valence-corrected chi connectivity index (χ1v) is 5.45. The SMILES string of the molecule is COC(=O)c1c(OC(C)=O)cc(C)cc1OC(C)=O. The van der Waals surface area contributed by atoms with Gasteiger partial charge in [-0.05, 0) is 24.6 Å². The van der Waals surface area contributed by atoms with E-state index in [9.17, 15) is 14.4 Å². The standard InChI is InChI=1S/C13H14O6/c1-7-5-10(18-8(2)14)12(13(16)17-4)11(6-7)19-9(3)15/h5-6H,1-4H3. The minimum absolute atomic E-state index is 0.00407. The predicted molar refractivity (Wildman–Crippen MR) is 65.1 cm³/mol. The normalized spacial score (nSPS) is 9.68. The highest BCUT2D eigenvalue weighted by Gasteiger charge is 2.22. The number of methoxy groups -OCH3 is 1. The summed E-state index contributed by atoms with van der Waals surface area (Å²) < 4.78 is 14.5. The summed E-state index contributed by atoms with van der Waals surface area (Å²) in [6.45, 7) is 4.12. The van der Waals surface area contributed by atoms with E-state index in [1.54, 1.807) is 6.92 Å². The van der Waals surface area contributed by atoms with Crippen molar-refractivity contribution in [1.82, 2.24) is 0 Å². The number of rotatable bonds is 3. The Bertz CT molecular complexity index is 495. The molecule has 0 radical (unpaired) electrons. The Labute approximate surface area is 110 Å². The zero-order chi connectivity index (χ0) is 14.6. The summed E-state index contributed by atoms with van der Waals surface area (Å²) >= 11 is 0. The molecular weight excluding hydrogens is 252 g/mol. The number of ether oxygens (including phenoxy) is 3.